The second kappa shape index (κ2) is 7.03. The van der Waals surface area contributed by atoms with Gasteiger partial charge in [0, 0.05) is 38.1 Å². The molecule has 1 spiro atoms. The van der Waals surface area contributed by atoms with Gasteiger partial charge in [-0.05, 0) is 33.1 Å². The van der Waals surface area contributed by atoms with Gasteiger partial charge in [0.25, 0.3) is 5.91 Å². The molecule has 3 heterocycles. The smallest absolute Gasteiger partial charge is 0.257 e. The van der Waals surface area contributed by atoms with Gasteiger partial charge in [0.15, 0.2) is 0 Å². The number of amides is 1. The summed E-state index contributed by atoms with van der Waals surface area (Å²) in [6.45, 7) is 7.03. The fourth-order valence-corrected chi connectivity index (χ4v) is 3.54. The summed E-state index contributed by atoms with van der Waals surface area (Å²) < 4.78 is 10.9. The van der Waals surface area contributed by atoms with Crippen molar-refractivity contribution in [1.82, 2.24) is 14.7 Å². The number of rotatable bonds is 4. The molecule has 0 aliphatic carbocycles. The lowest BCUT2D eigenvalue weighted by molar-refractivity contribution is 0.0644. The van der Waals surface area contributed by atoms with Crippen LogP contribution in [0.4, 0.5) is 0 Å². The van der Waals surface area contributed by atoms with Crippen LogP contribution in [0.1, 0.15) is 16.8 Å². The topological polar surface area (TPSA) is 49.2 Å². The molecule has 23 heavy (non-hydrogen) atoms. The van der Waals surface area contributed by atoms with Crippen LogP contribution in [0.2, 0.25) is 0 Å². The summed E-state index contributed by atoms with van der Waals surface area (Å²) in [4.78, 5) is 19.3. The van der Waals surface area contributed by atoms with Gasteiger partial charge >= 0.3 is 0 Å². The van der Waals surface area contributed by atoms with Gasteiger partial charge in [0.2, 0.25) is 0 Å². The van der Waals surface area contributed by atoms with E-state index in [-0.39, 0.29) is 11.3 Å². The number of ether oxygens (including phenoxy) is 1. The molecule has 2 saturated heterocycles. The highest BCUT2D eigenvalue weighted by molar-refractivity contribution is 5.93. The Hall–Kier alpha value is -1.37. The molecule has 6 nitrogen and oxygen atoms in total. The second-order valence-electron chi connectivity index (χ2n) is 7.12. The molecule has 1 unspecified atom stereocenters. The first-order valence-corrected chi connectivity index (χ1v) is 8.34. The highest BCUT2D eigenvalue weighted by Gasteiger charge is 2.42. The van der Waals surface area contributed by atoms with Crippen molar-refractivity contribution in [3.8, 4) is 0 Å². The number of carbonyl (C=O) groups excluding carboxylic acids is 1. The maximum absolute atomic E-state index is 12.6. The van der Waals surface area contributed by atoms with E-state index in [4.69, 9.17) is 9.15 Å². The van der Waals surface area contributed by atoms with Crippen molar-refractivity contribution >= 4 is 5.91 Å². The van der Waals surface area contributed by atoms with E-state index >= 15 is 0 Å². The third-order valence-corrected chi connectivity index (χ3v) is 4.88. The summed E-state index contributed by atoms with van der Waals surface area (Å²) in [5.74, 6) is 0.0513. The first kappa shape index (κ1) is 16.5. The highest BCUT2D eigenvalue weighted by atomic mass is 16.5. The van der Waals surface area contributed by atoms with Crippen LogP contribution >= 0.6 is 0 Å². The summed E-state index contributed by atoms with van der Waals surface area (Å²) in [7, 11) is 4.21. The Morgan fingerprint density at radius 2 is 2.22 bits per heavy atom. The molecule has 1 atom stereocenters. The van der Waals surface area contributed by atoms with Crippen molar-refractivity contribution in [2.45, 2.75) is 6.42 Å². The van der Waals surface area contributed by atoms with Crippen LogP contribution in [0.5, 0.6) is 0 Å². The minimum Gasteiger partial charge on any atom is -0.472 e. The summed E-state index contributed by atoms with van der Waals surface area (Å²) in [6.07, 6.45) is 4.17. The average Bonchev–Trinajstić information content (AvgIpc) is 3.13. The van der Waals surface area contributed by atoms with Crippen LogP contribution in [0.25, 0.3) is 0 Å². The fraction of sp³-hybridized carbons (Fsp3) is 0.706. The van der Waals surface area contributed by atoms with E-state index in [0.29, 0.717) is 18.7 Å². The Morgan fingerprint density at radius 1 is 1.35 bits per heavy atom. The third kappa shape index (κ3) is 3.94. The molecule has 2 aliphatic rings. The van der Waals surface area contributed by atoms with E-state index in [1.807, 2.05) is 4.90 Å². The first-order chi connectivity index (χ1) is 11.1. The number of furan rings is 1. The third-order valence-electron chi connectivity index (χ3n) is 4.88. The minimum absolute atomic E-state index is 0.0513. The molecule has 0 N–H and O–H groups in total. The van der Waals surface area contributed by atoms with Gasteiger partial charge in [-0.15, -0.1) is 0 Å². The Morgan fingerprint density at radius 3 is 2.96 bits per heavy atom. The van der Waals surface area contributed by atoms with Crippen molar-refractivity contribution in [3.05, 3.63) is 24.2 Å². The standard InChI is InChI=1S/C17H27N3O3/c1-18(2)6-7-19-5-4-17(12-19)13-20(8-10-23-14-17)16(21)15-3-9-22-11-15/h3,9,11H,4-8,10,12-14H2,1-2H3. The van der Waals surface area contributed by atoms with E-state index in [9.17, 15) is 4.79 Å². The Kier molecular flexibility index (Phi) is 5.04. The average molecular weight is 321 g/mol. The molecular formula is C17H27N3O3. The second-order valence-corrected chi connectivity index (χ2v) is 7.12. The van der Waals surface area contributed by atoms with Crippen LogP contribution in [-0.4, -0.2) is 87.2 Å². The zero-order chi connectivity index (χ0) is 16.3. The maximum Gasteiger partial charge on any atom is 0.257 e. The SMILES string of the molecule is CN(C)CCN1CCC2(COCCN(C(=O)c3ccoc3)C2)C1. The maximum atomic E-state index is 12.6. The number of hydrogen-bond acceptors (Lipinski definition) is 5. The zero-order valence-corrected chi connectivity index (χ0v) is 14.2. The Balaban J connectivity index is 1.64. The number of nitrogens with zero attached hydrogens (tertiary/aromatic N) is 3. The summed E-state index contributed by atoms with van der Waals surface area (Å²) in [5.41, 5.74) is 0.701. The molecule has 3 rings (SSSR count). The molecule has 0 saturated carbocycles. The molecule has 1 aromatic rings. The molecule has 1 amide bonds. The van der Waals surface area contributed by atoms with Crippen LogP contribution in [0.15, 0.2) is 23.0 Å². The molecule has 2 aliphatic heterocycles. The van der Waals surface area contributed by atoms with Gasteiger partial charge in [-0.25, -0.2) is 0 Å². The lowest BCUT2D eigenvalue weighted by atomic mass is 9.87. The quantitative estimate of drug-likeness (QED) is 0.828. The molecule has 6 heteroatoms. The molecular weight excluding hydrogens is 294 g/mol. The van der Waals surface area contributed by atoms with Crippen LogP contribution in [-0.2, 0) is 4.74 Å². The van der Waals surface area contributed by atoms with Crippen molar-refractivity contribution in [2.24, 2.45) is 5.41 Å². The highest BCUT2D eigenvalue weighted by Crippen LogP contribution is 2.33. The van der Waals surface area contributed by atoms with Crippen molar-refractivity contribution in [3.63, 3.8) is 0 Å². The molecule has 2 fully saturated rings. The summed E-state index contributed by atoms with van der Waals surface area (Å²) >= 11 is 0. The number of likely N-dealkylation sites (N-methyl/N-ethyl adjacent to an activating group) is 1. The van der Waals surface area contributed by atoms with Gasteiger partial charge in [-0.1, -0.05) is 0 Å². The molecule has 128 valence electrons. The van der Waals surface area contributed by atoms with Crippen LogP contribution < -0.4 is 0 Å². The predicted octanol–water partition coefficient (Wildman–Crippen LogP) is 1.01. The van der Waals surface area contributed by atoms with Crippen molar-refractivity contribution in [1.29, 1.82) is 0 Å². The largest absolute Gasteiger partial charge is 0.472 e. The van der Waals surface area contributed by atoms with Gasteiger partial charge < -0.3 is 23.9 Å². The Labute approximate surface area is 138 Å². The lowest BCUT2D eigenvalue weighted by Gasteiger charge is -2.32. The number of carbonyl (C=O) groups is 1. The van der Waals surface area contributed by atoms with Crippen molar-refractivity contribution < 1.29 is 13.9 Å². The molecule has 0 bridgehead atoms. The summed E-state index contributed by atoms with van der Waals surface area (Å²) in [5, 5.41) is 0. The van der Waals surface area contributed by atoms with Gasteiger partial charge in [0.1, 0.15) is 6.26 Å². The minimum atomic E-state index is 0.0513. The van der Waals surface area contributed by atoms with E-state index < -0.39 is 0 Å². The van der Waals surface area contributed by atoms with Gasteiger partial charge in [0.05, 0.1) is 25.0 Å². The first-order valence-electron chi connectivity index (χ1n) is 8.34. The van der Waals surface area contributed by atoms with E-state index in [0.717, 1.165) is 45.8 Å². The van der Waals surface area contributed by atoms with Crippen LogP contribution in [0.3, 0.4) is 0 Å². The predicted molar refractivity (Wildman–Crippen MR) is 87.5 cm³/mol. The van der Waals surface area contributed by atoms with Gasteiger partial charge in [-0.3, -0.25) is 4.79 Å². The van der Waals surface area contributed by atoms with Crippen molar-refractivity contribution in [2.75, 3.05) is 66.6 Å². The molecule has 0 aromatic carbocycles. The van der Waals surface area contributed by atoms with Gasteiger partial charge in [-0.2, -0.15) is 0 Å². The number of likely N-dealkylation sites (tertiary alicyclic amines) is 1. The van der Waals surface area contributed by atoms with Crippen LogP contribution in [0, 0.1) is 5.41 Å². The number of hydrogen-bond donors (Lipinski definition) is 0. The zero-order valence-electron chi connectivity index (χ0n) is 14.2. The monoisotopic (exact) mass is 321 g/mol. The lowest BCUT2D eigenvalue weighted by Crippen LogP contribution is -2.43. The van der Waals surface area contributed by atoms with E-state index in [1.165, 1.54) is 6.26 Å². The molecule has 1 aromatic heterocycles. The summed E-state index contributed by atoms with van der Waals surface area (Å²) in [6, 6.07) is 1.73. The fourth-order valence-electron chi connectivity index (χ4n) is 3.54. The Bertz CT molecular complexity index is 517. The normalized spacial score (nSPS) is 26.1. The van der Waals surface area contributed by atoms with E-state index in [1.54, 1.807) is 12.3 Å². The van der Waals surface area contributed by atoms with E-state index in [2.05, 4.69) is 23.9 Å². The molecule has 0 radical (unpaired) electrons.